The molecule has 0 saturated heterocycles. The van der Waals surface area contributed by atoms with E-state index in [2.05, 4.69) is 13.2 Å². The fourth-order valence-electron chi connectivity index (χ4n) is 5.50. The number of benzene rings is 2. The zero-order valence-corrected chi connectivity index (χ0v) is 27.5. The summed E-state index contributed by atoms with van der Waals surface area (Å²) in [5.74, 6) is 0.604. The highest BCUT2D eigenvalue weighted by molar-refractivity contribution is 5.91. The van der Waals surface area contributed by atoms with E-state index in [9.17, 15) is 19.2 Å². The number of esters is 3. The predicted octanol–water partition coefficient (Wildman–Crippen LogP) is 8.82. The van der Waals surface area contributed by atoms with Crippen molar-refractivity contribution in [1.29, 1.82) is 0 Å². The Kier molecular flexibility index (Phi) is 16.6. The third kappa shape index (κ3) is 13.3. The van der Waals surface area contributed by atoms with Crippen LogP contribution in [0.5, 0.6) is 5.75 Å². The fourth-order valence-corrected chi connectivity index (χ4v) is 5.50. The maximum atomic E-state index is 12.6. The van der Waals surface area contributed by atoms with Gasteiger partial charge in [-0.05, 0) is 100.0 Å². The van der Waals surface area contributed by atoms with E-state index in [1.54, 1.807) is 38.1 Å². The van der Waals surface area contributed by atoms with E-state index < -0.39 is 5.97 Å². The molecule has 3 rings (SSSR count). The molecule has 0 atom stereocenters. The molecule has 0 amide bonds. The second-order valence-corrected chi connectivity index (χ2v) is 11.6. The molecule has 7 nitrogen and oxygen atoms in total. The maximum Gasteiger partial charge on any atom is 0.343 e. The highest BCUT2D eigenvalue weighted by Crippen LogP contribution is 2.38. The molecular weight excluding hydrogens is 568 g/mol. The van der Waals surface area contributed by atoms with Gasteiger partial charge in [0.25, 0.3) is 0 Å². The van der Waals surface area contributed by atoms with Gasteiger partial charge in [-0.25, -0.2) is 14.4 Å². The molecule has 7 heteroatoms. The van der Waals surface area contributed by atoms with Gasteiger partial charge >= 0.3 is 17.9 Å². The number of ether oxygens (including phenoxy) is 3. The van der Waals surface area contributed by atoms with E-state index in [0.717, 1.165) is 51.2 Å². The van der Waals surface area contributed by atoms with Crippen molar-refractivity contribution in [1.82, 2.24) is 0 Å². The molecule has 0 aromatic heterocycles. The van der Waals surface area contributed by atoms with Crippen LogP contribution in [-0.4, -0.2) is 37.4 Å². The quantitative estimate of drug-likeness (QED) is 0.0803. The molecule has 1 saturated carbocycles. The van der Waals surface area contributed by atoms with Gasteiger partial charge in [0.1, 0.15) is 12.0 Å². The largest absolute Gasteiger partial charge is 0.462 e. The first-order valence-electron chi connectivity index (χ1n) is 16.2. The molecule has 1 aliphatic carbocycles. The minimum absolute atomic E-state index is 0.298. The van der Waals surface area contributed by atoms with E-state index in [4.69, 9.17) is 14.2 Å². The molecule has 0 heterocycles. The van der Waals surface area contributed by atoms with E-state index in [1.165, 1.54) is 18.4 Å². The topological polar surface area (TPSA) is 96.0 Å². The third-order valence-electron chi connectivity index (χ3n) is 8.11. The normalized spacial score (nSPS) is 15.7. The zero-order chi connectivity index (χ0) is 33.2. The van der Waals surface area contributed by atoms with Crippen LogP contribution in [0.4, 0.5) is 0 Å². The van der Waals surface area contributed by atoms with Crippen molar-refractivity contribution in [2.45, 2.75) is 91.4 Å². The van der Waals surface area contributed by atoms with Gasteiger partial charge in [-0.1, -0.05) is 70.5 Å². The van der Waals surface area contributed by atoms with Crippen molar-refractivity contribution >= 4 is 24.2 Å². The van der Waals surface area contributed by atoms with E-state index in [1.807, 2.05) is 38.1 Å². The summed E-state index contributed by atoms with van der Waals surface area (Å²) < 4.78 is 16.0. The SMILES string of the molecule is C=C(C)C(=O)OCCC(CCCC1CCC(c2ccc(C(=O)Oc3cccc(C=O)c3)cc2)CC1)CCOC(=O)C(=C)C.CC. The van der Waals surface area contributed by atoms with Crippen molar-refractivity contribution < 1.29 is 33.4 Å². The zero-order valence-electron chi connectivity index (χ0n) is 27.5. The number of hydrogen-bond donors (Lipinski definition) is 0. The van der Waals surface area contributed by atoms with Crippen LogP contribution in [0.3, 0.4) is 0 Å². The molecule has 244 valence electrons. The molecule has 2 aromatic carbocycles. The summed E-state index contributed by atoms with van der Waals surface area (Å²) in [7, 11) is 0. The van der Waals surface area contributed by atoms with Crippen LogP contribution in [-0.2, 0) is 19.1 Å². The Balaban J connectivity index is 0.00000345. The van der Waals surface area contributed by atoms with E-state index >= 15 is 0 Å². The first kappa shape index (κ1) is 37.2. The van der Waals surface area contributed by atoms with Crippen molar-refractivity contribution in [2.24, 2.45) is 11.8 Å². The highest BCUT2D eigenvalue weighted by Gasteiger charge is 2.23. The second kappa shape index (κ2) is 20.1. The molecule has 0 radical (unpaired) electrons. The predicted molar refractivity (Wildman–Crippen MR) is 177 cm³/mol. The van der Waals surface area contributed by atoms with Crippen LogP contribution in [0.15, 0.2) is 72.8 Å². The molecule has 45 heavy (non-hydrogen) atoms. The number of hydrogen-bond acceptors (Lipinski definition) is 7. The summed E-state index contributed by atoms with van der Waals surface area (Å²) in [5.41, 5.74) is 2.96. The molecule has 0 unspecified atom stereocenters. The molecule has 2 aromatic rings. The number of rotatable bonds is 16. The van der Waals surface area contributed by atoms with E-state index in [-0.39, 0.29) is 11.9 Å². The average Bonchev–Trinajstić information content (AvgIpc) is 3.05. The molecular formula is C38H50O7. The van der Waals surface area contributed by atoms with Gasteiger partial charge in [-0.15, -0.1) is 0 Å². The molecule has 1 aliphatic rings. The van der Waals surface area contributed by atoms with Gasteiger partial charge in [-0.2, -0.15) is 0 Å². The Morgan fingerprint density at radius 3 is 1.96 bits per heavy atom. The Bertz CT molecular complexity index is 1240. The molecule has 0 aliphatic heterocycles. The summed E-state index contributed by atoms with van der Waals surface area (Å²) in [4.78, 5) is 47.0. The van der Waals surface area contributed by atoms with Crippen LogP contribution in [0.2, 0.25) is 0 Å². The summed E-state index contributed by atoms with van der Waals surface area (Å²) in [6, 6.07) is 14.2. The fraction of sp³-hybridized carbons (Fsp3) is 0.474. The number of aldehydes is 1. The van der Waals surface area contributed by atoms with Crippen molar-refractivity contribution in [2.75, 3.05) is 13.2 Å². The van der Waals surface area contributed by atoms with Crippen LogP contribution >= 0.6 is 0 Å². The minimum atomic E-state index is -0.445. The van der Waals surface area contributed by atoms with Crippen molar-refractivity contribution in [3.05, 3.63) is 89.5 Å². The summed E-state index contributed by atoms with van der Waals surface area (Å²) in [6.45, 7) is 15.2. The first-order chi connectivity index (χ1) is 21.7. The Hall–Kier alpha value is -4.00. The van der Waals surface area contributed by atoms with Gasteiger partial charge in [0.05, 0.1) is 18.8 Å². The Morgan fingerprint density at radius 1 is 0.844 bits per heavy atom. The van der Waals surface area contributed by atoms with Crippen molar-refractivity contribution in [3.8, 4) is 5.75 Å². The van der Waals surface area contributed by atoms with Crippen molar-refractivity contribution in [3.63, 3.8) is 0 Å². The highest BCUT2D eigenvalue weighted by atomic mass is 16.5. The lowest BCUT2D eigenvalue weighted by Crippen LogP contribution is -2.16. The Labute approximate surface area is 269 Å². The van der Waals surface area contributed by atoms with Crippen LogP contribution in [0.1, 0.15) is 118 Å². The van der Waals surface area contributed by atoms with Gasteiger partial charge in [0.15, 0.2) is 0 Å². The summed E-state index contributed by atoms with van der Waals surface area (Å²) in [6.07, 6.45) is 9.96. The monoisotopic (exact) mass is 618 g/mol. The summed E-state index contributed by atoms with van der Waals surface area (Å²) >= 11 is 0. The van der Waals surface area contributed by atoms with Crippen LogP contribution < -0.4 is 4.74 Å². The minimum Gasteiger partial charge on any atom is -0.462 e. The molecule has 1 fully saturated rings. The Morgan fingerprint density at radius 2 is 1.42 bits per heavy atom. The second-order valence-electron chi connectivity index (χ2n) is 11.6. The van der Waals surface area contributed by atoms with Gasteiger partial charge in [0, 0.05) is 16.7 Å². The first-order valence-corrected chi connectivity index (χ1v) is 16.2. The molecule has 0 spiro atoms. The van der Waals surface area contributed by atoms with Gasteiger partial charge in [-0.3, -0.25) is 4.79 Å². The van der Waals surface area contributed by atoms with Gasteiger partial charge in [0.2, 0.25) is 0 Å². The number of carbonyl (C=O) groups is 4. The lowest BCUT2D eigenvalue weighted by molar-refractivity contribution is -0.139. The number of carbonyl (C=O) groups excluding carboxylic acids is 4. The standard InChI is InChI=1S/C36H44O7.C2H6/c1-25(2)34(38)41-21-19-28(20-22-42-35(39)26(3)4)8-5-7-27-11-13-30(14-12-27)31-15-17-32(18-16-31)36(40)43-33-10-6-9-29(23-33)24-37;1-2/h6,9-10,15-18,23-24,27-28,30H,1,3,5,7-8,11-14,19-22H2,2,4H3;1-2H3. The smallest absolute Gasteiger partial charge is 0.343 e. The van der Waals surface area contributed by atoms with Crippen LogP contribution in [0, 0.1) is 11.8 Å². The summed E-state index contributed by atoms with van der Waals surface area (Å²) in [5, 5.41) is 0. The van der Waals surface area contributed by atoms with Crippen LogP contribution in [0.25, 0.3) is 0 Å². The maximum absolute atomic E-state index is 12.6. The van der Waals surface area contributed by atoms with E-state index in [0.29, 0.717) is 59.0 Å². The molecule has 0 bridgehead atoms. The average molecular weight is 619 g/mol. The molecule has 0 N–H and O–H groups in total. The lowest BCUT2D eigenvalue weighted by Gasteiger charge is -2.29. The lowest BCUT2D eigenvalue weighted by atomic mass is 9.76. The third-order valence-corrected chi connectivity index (χ3v) is 8.11. The van der Waals surface area contributed by atoms with Gasteiger partial charge < -0.3 is 14.2 Å².